The van der Waals surface area contributed by atoms with Gasteiger partial charge in [0, 0.05) is 5.75 Å². The van der Waals surface area contributed by atoms with E-state index in [9.17, 15) is 4.79 Å². The summed E-state index contributed by atoms with van der Waals surface area (Å²) < 4.78 is 4.64. The molecule has 0 spiro atoms. The molecule has 2 rings (SSSR count). The van der Waals surface area contributed by atoms with Crippen LogP contribution in [-0.4, -0.2) is 24.5 Å². The monoisotopic (exact) mass is 327 g/mol. The minimum atomic E-state index is -0.368. The van der Waals surface area contributed by atoms with Crippen molar-refractivity contribution >= 4 is 29.1 Å². The van der Waals surface area contributed by atoms with E-state index in [2.05, 4.69) is 14.9 Å². The van der Waals surface area contributed by atoms with Gasteiger partial charge in [0.25, 0.3) is 0 Å². The summed E-state index contributed by atoms with van der Waals surface area (Å²) in [5, 5.41) is 8.29. The lowest BCUT2D eigenvalue weighted by molar-refractivity contribution is 0.0600. The van der Waals surface area contributed by atoms with Crippen LogP contribution in [-0.2, 0) is 10.5 Å². The third kappa shape index (κ3) is 5.60. The van der Waals surface area contributed by atoms with Crippen LogP contribution in [0.3, 0.4) is 0 Å². The van der Waals surface area contributed by atoms with E-state index >= 15 is 0 Å². The molecule has 0 radical (unpaired) electrons. The molecule has 0 saturated carbocycles. The molecule has 0 atom stereocenters. The number of ether oxygens (including phenoxy) is 1. The van der Waals surface area contributed by atoms with Gasteiger partial charge >= 0.3 is 5.97 Å². The predicted molar refractivity (Wildman–Crippen MR) is 94.7 cm³/mol. The van der Waals surface area contributed by atoms with Crippen molar-refractivity contribution in [3.05, 3.63) is 71.3 Å². The normalized spacial score (nSPS) is 11.6. The van der Waals surface area contributed by atoms with Gasteiger partial charge in [-0.1, -0.05) is 54.2 Å². The van der Waals surface area contributed by atoms with E-state index in [1.54, 1.807) is 30.5 Å². The molecule has 0 aliphatic carbocycles. The molecular weight excluding hydrogens is 310 g/mol. The molecule has 0 amide bonds. The Morgan fingerprint density at radius 2 is 1.87 bits per heavy atom. The first kappa shape index (κ1) is 16.8. The molecule has 0 unspecified atom stereocenters. The van der Waals surface area contributed by atoms with Crippen LogP contribution < -0.4 is 5.73 Å². The number of esters is 1. The van der Waals surface area contributed by atoms with E-state index < -0.39 is 0 Å². The molecule has 0 saturated heterocycles. The number of nitrogens with two attached hydrogens (primary N) is 1. The van der Waals surface area contributed by atoms with Crippen LogP contribution in [0.5, 0.6) is 0 Å². The molecule has 118 valence electrons. The Kier molecular flexibility index (Phi) is 6.38. The fourth-order valence-corrected chi connectivity index (χ4v) is 2.35. The molecular formula is C17H17N3O2S. The van der Waals surface area contributed by atoms with Crippen molar-refractivity contribution in [1.29, 1.82) is 0 Å². The van der Waals surface area contributed by atoms with Crippen LogP contribution in [0.1, 0.15) is 21.5 Å². The van der Waals surface area contributed by atoms with Crippen LogP contribution in [0, 0.1) is 0 Å². The van der Waals surface area contributed by atoms with E-state index in [-0.39, 0.29) is 5.97 Å². The number of benzene rings is 2. The van der Waals surface area contributed by atoms with Crippen LogP contribution >= 0.6 is 11.8 Å². The zero-order valence-corrected chi connectivity index (χ0v) is 13.5. The molecule has 6 heteroatoms. The second kappa shape index (κ2) is 8.75. The highest BCUT2D eigenvalue weighted by Gasteiger charge is 2.03. The molecule has 0 heterocycles. The fraction of sp³-hybridized carbons (Fsp3) is 0.118. The summed E-state index contributed by atoms with van der Waals surface area (Å²) in [5.74, 6) is 0.382. The Balaban J connectivity index is 1.88. The van der Waals surface area contributed by atoms with Gasteiger partial charge in [0.1, 0.15) is 0 Å². The number of rotatable bonds is 5. The number of carbonyl (C=O) groups excluding carboxylic acids is 1. The zero-order valence-electron chi connectivity index (χ0n) is 12.7. The largest absolute Gasteiger partial charge is 0.465 e. The average Bonchev–Trinajstić information content (AvgIpc) is 2.61. The van der Waals surface area contributed by atoms with Crippen LogP contribution in [0.25, 0.3) is 0 Å². The van der Waals surface area contributed by atoms with Gasteiger partial charge in [0.05, 0.1) is 18.9 Å². The molecule has 0 fully saturated rings. The van der Waals surface area contributed by atoms with Gasteiger partial charge in [-0.3, -0.25) is 0 Å². The standard InChI is InChI=1S/C17H17N3O2S/c1-22-16(21)15-9-7-13(8-10-15)11-19-20-17(18)23-12-14-5-3-2-4-6-14/h2-11H,12H2,1H3,(H2,18,20). The molecule has 2 aromatic rings. The van der Waals surface area contributed by atoms with Gasteiger partial charge < -0.3 is 10.5 Å². The lowest BCUT2D eigenvalue weighted by Gasteiger charge is -1.99. The SMILES string of the molecule is COC(=O)c1ccc(C=NN=C(N)SCc2ccccc2)cc1. The summed E-state index contributed by atoms with van der Waals surface area (Å²) in [6, 6.07) is 16.9. The van der Waals surface area contributed by atoms with Gasteiger partial charge in [-0.05, 0) is 23.3 Å². The number of nitrogens with zero attached hydrogens (tertiary/aromatic N) is 2. The topological polar surface area (TPSA) is 77.0 Å². The molecule has 0 bridgehead atoms. The minimum Gasteiger partial charge on any atom is -0.465 e. The van der Waals surface area contributed by atoms with Crippen LogP contribution in [0.4, 0.5) is 0 Å². The highest BCUT2D eigenvalue weighted by Crippen LogP contribution is 2.11. The molecule has 23 heavy (non-hydrogen) atoms. The zero-order chi connectivity index (χ0) is 16.5. The van der Waals surface area contributed by atoms with E-state index in [1.807, 2.05) is 30.3 Å². The lowest BCUT2D eigenvalue weighted by atomic mass is 10.1. The van der Waals surface area contributed by atoms with Crippen molar-refractivity contribution in [3.63, 3.8) is 0 Å². The van der Waals surface area contributed by atoms with Crippen LogP contribution in [0.2, 0.25) is 0 Å². The molecule has 2 aromatic carbocycles. The first-order chi connectivity index (χ1) is 11.2. The third-order valence-electron chi connectivity index (χ3n) is 2.92. The quantitative estimate of drug-likeness (QED) is 0.396. The van der Waals surface area contributed by atoms with Gasteiger partial charge in [-0.25, -0.2) is 4.79 Å². The highest BCUT2D eigenvalue weighted by atomic mass is 32.2. The summed E-state index contributed by atoms with van der Waals surface area (Å²) >= 11 is 1.43. The number of carbonyl (C=O) groups is 1. The summed E-state index contributed by atoms with van der Waals surface area (Å²) in [5.41, 5.74) is 8.30. The van der Waals surface area contributed by atoms with Crippen molar-refractivity contribution in [3.8, 4) is 0 Å². The minimum absolute atomic E-state index is 0.368. The maximum atomic E-state index is 11.3. The van der Waals surface area contributed by atoms with E-state index in [4.69, 9.17) is 5.73 Å². The average molecular weight is 327 g/mol. The lowest BCUT2D eigenvalue weighted by Crippen LogP contribution is -2.06. The first-order valence-electron chi connectivity index (χ1n) is 6.90. The highest BCUT2D eigenvalue weighted by molar-refractivity contribution is 8.13. The van der Waals surface area contributed by atoms with Gasteiger partial charge in [0.15, 0.2) is 5.17 Å². The van der Waals surface area contributed by atoms with E-state index in [1.165, 1.54) is 24.4 Å². The maximum absolute atomic E-state index is 11.3. The molecule has 2 N–H and O–H groups in total. The molecule has 5 nitrogen and oxygen atoms in total. The van der Waals surface area contributed by atoms with Gasteiger partial charge in [-0.15, -0.1) is 5.10 Å². The Morgan fingerprint density at radius 1 is 1.17 bits per heavy atom. The smallest absolute Gasteiger partial charge is 0.337 e. The first-order valence-corrected chi connectivity index (χ1v) is 7.89. The number of hydrogen-bond acceptors (Lipinski definition) is 5. The number of hydrogen-bond donors (Lipinski definition) is 1. The Morgan fingerprint density at radius 3 is 2.52 bits per heavy atom. The summed E-state index contributed by atoms with van der Waals surface area (Å²) in [6.45, 7) is 0. The third-order valence-corrected chi connectivity index (χ3v) is 3.78. The molecule has 0 aliphatic heterocycles. The summed E-state index contributed by atoms with van der Waals surface area (Å²) in [6.07, 6.45) is 1.58. The van der Waals surface area contributed by atoms with Crippen LogP contribution in [0.15, 0.2) is 64.8 Å². The molecule has 0 aromatic heterocycles. The Labute approximate surface area is 139 Å². The van der Waals surface area contributed by atoms with Crippen molar-refractivity contribution in [2.75, 3.05) is 7.11 Å². The van der Waals surface area contributed by atoms with E-state index in [0.717, 1.165) is 11.3 Å². The van der Waals surface area contributed by atoms with Gasteiger partial charge in [-0.2, -0.15) is 5.10 Å². The van der Waals surface area contributed by atoms with Gasteiger partial charge in [0.2, 0.25) is 0 Å². The predicted octanol–water partition coefficient (Wildman–Crippen LogP) is 3.06. The number of methoxy groups -OCH3 is 1. The fourth-order valence-electron chi connectivity index (χ4n) is 1.74. The summed E-state index contributed by atoms with van der Waals surface area (Å²) in [7, 11) is 1.35. The molecule has 0 aliphatic rings. The number of amidine groups is 1. The van der Waals surface area contributed by atoms with Crippen molar-refractivity contribution < 1.29 is 9.53 Å². The number of thioether (sulfide) groups is 1. The Bertz CT molecular complexity index is 698. The second-order valence-electron chi connectivity index (χ2n) is 4.57. The maximum Gasteiger partial charge on any atom is 0.337 e. The summed E-state index contributed by atoms with van der Waals surface area (Å²) in [4.78, 5) is 11.3. The van der Waals surface area contributed by atoms with E-state index in [0.29, 0.717) is 10.7 Å². The Hall–Kier alpha value is -2.60. The van der Waals surface area contributed by atoms with Crippen molar-refractivity contribution in [2.45, 2.75) is 5.75 Å². The second-order valence-corrected chi connectivity index (χ2v) is 5.57. The van der Waals surface area contributed by atoms with Crippen molar-refractivity contribution in [1.82, 2.24) is 0 Å². The van der Waals surface area contributed by atoms with Crippen molar-refractivity contribution in [2.24, 2.45) is 15.9 Å².